The minimum absolute atomic E-state index is 0.760. The van der Waals surface area contributed by atoms with E-state index in [4.69, 9.17) is 10.2 Å². The van der Waals surface area contributed by atoms with Crippen LogP contribution in [-0.4, -0.2) is 69.7 Å². The third-order valence-electron chi connectivity index (χ3n) is 2.84. The molecule has 0 amide bonds. The molecule has 0 rings (SSSR count). The summed E-state index contributed by atoms with van der Waals surface area (Å²) in [6, 6.07) is 0. The maximum atomic E-state index is 11.4. The third kappa shape index (κ3) is 2.86. The predicted octanol–water partition coefficient (Wildman–Crippen LogP) is -1.12. The van der Waals surface area contributed by atoms with Gasteiger partial charge in [0.05, 0.1) is 12.8 Å². The van der Waals surface area contributed by atoms with Crippen molar-refractivity contribution in [1.29, 1.82) is 0 Å². The number of carboxylic acids is 4. The normalized spacial score (nSPS) is 16.7. The zero-order chi connectivity index (χ0) is 16.1. The lowest BCUT2D eigenvalue weighted by molar-refractivity contribution is -0.225. The molecular formula is C10H14O10. The number of carboxylic acid groups (broad SMARTS) is 4. The van der Waals surface area contributed by atoms with Crippen molar-refractivity contribution in [1.82, 2.24) is 0 Å². The van der Waals surface area contributed by atoms with Crippen molar-refractivity contribution >= 4 is 23.9 Å². The SMILES string of the molecule is COC(CC(=O)O)(C(=O)O)C(CC(=O)O)(OC)C(=O)O. The van der Waals surface area contributed by atoms with Crippen LogP contribution in [0.4, 0.5) is 0 Å². The van der Waals surface area contributed by atoms with Gasteiger partial charge in [-0.2, -0.15) is 0 Å². The molecule has 10 nitrogen and oxygen atoms in total. The van der Waals surface area contributed by atoms with Crippen LogP contribution in [0.15, 0.2) is 0 Å². The number of ether oxygens (including phenoxy) is 2. The van der Waals surface area contributed by atoms with Gasteiger partial charge in [-0.25, -0.2) is 9.59 Å². The lowest BCUT2D eigenvalue weighted by atomic mass is 9.77. The summed E-state index contributed by atoms with van der Waals surface area (Å²) in [4.78, 5) is 44.3. The summed E-state index contributed by atoms with van der Waals surface area (Å²) in [5, 5.41) is 35.9. The van der Waals surface area contributed by atoms with E-state index >= 15 is 0 Å². The molecule has 0 aliphatic rings. The van der Waals surface area contributed by atoms with E-state index in [9.17, 15) is 29.4 Å². The number of hydrogen-bond acceptors (Lipinski definition) is 6. The van der Waals surface area contributed by atoms with Crippen LogP contribution < -0.4 is 0 Å². The fraction of sp³-hybridized carbons (Fsp3) is 0.600. The minimum Gasteiger partial charge on any atom is -0.481 e. The summed E-state index contributed by atoms with van der Waals surface area (Å²) < 4.78 is 9.16. The van der Waals surface area contributed by atoms with E-state index in [2.05, 4.69) is 9.47 Å². The van der Waals surface area contributed by atoms with Gasteiger partial charge in [0.15, 0.2) is 0 Å². The number of methoxy groups -OCH3 is 2. The predicted molar refractivity (Wildman–Crippen MR) is 59.3 cm³/mol. The molecule has 0 spiro atoms. The molecule has 0 aliphatic heterocycles. The molecule has 0 aliphatic carbocycles. The van der Waals surface area contributed by atoms with Gasteiger partial charge in [0.25, 0.3) is 0 Å². The van der Waals surface area contributed by atoms with Gasteiger partial charge in [0.1, 0.15) is 0 Å². The average Bonchev–Trinajstić information content (AvgIpc) is 2.31. The average molecular weight is 294 g/mol. The van der Waals surface area contributed by atoms with Crippen LogP contribution in [0.3, 0.4) is 0 Å². The van der Waals surface area contributed by atoms with Crippen LogP contribution in [0.5, 0.6) is 0 Å². The molecule has 0 aromatic carbocycles. The highest BCUT2D eigenvalue weighted by molar-refractivity contribution is 5.96. The van der Waals surface area contributed by atoms with Gasteiger partial charge >= 0.3 is 23.9 Å². The zero-order valence-electron chi connectivity index (χ0n) is 10.7. The maximum Gasteiger partial charge on any atom is 0.340 e. The molecule has 0 aromatic rings. The molecule has 2 atom stereocenters. The number of hydrogen-bond donors (Lipinski definition) is 4. The molecule has 0 radical (unpaired) electrons. The van der Waals surface area contributed by atoms with Crippen molar-refractivity contribution in [2.24, 2.45) is 0 Å². The molecule has 0 bridgehead atoms. The first kappa shape index (κ1) is 17.8. The highest BCUT2D eigenvalue weighted by Gasteiger charge is 2.65. The zero-order valence-corrected chi connectivity index (χ0v) is 10.7. The Morgan fingerprint density at radius 3 is 1.10 bits per heavy atom. The van der Waals surface area contributed by atoms with Crippen LogP contribution in [0, 0.1) is 0 Å². The summed E-state index contributed by atoms with van der Waals surface area (Å²) in [6.45, 7) is 0. The van der Waals surface area contributed by atoms with Crippen LogP contribution in [0.1, 0.15) is 12.8 Å². The van der Waals surface area contributed by atoms with E-state index in [0.717, 1.165) is 14.2 Å². The van der Waals surface area contributed by atoms with Crippen LogP contribution in [-0.2, 0) is 28.7 Å². The first-order valence-electron chi connectivity index (χ1n) is 5.10. The van der Waals surface area contributed by atoms with E-state index in [1.54, 1.807) is 0 Å². The molecule has 0 fully saturated rings. The van der Waals surface area contributed by atoms with Crippen LogP contribution >= 0.6 is 0 Å². The monoisotopic (exact) mass is 294 g/mol. The van der Waals surface area contributed by atoms with E-state index in [0.29, 0.717) is 0 Å². The smallest absolute Gasteiger partial charge is 0.340 e. The largest absolute Gasteiger partial charge is 0.481 e. The van der Waals surface area contributed by atoms with Gasteiger partial charge in [-0.15, -0.1) is 0 Å². The molecular weight excluding hydrogens is 280 g/mol. The van der Waals surface area contributed by atoms with Crippen molar-refractivity contribution in [2.45, 2.75) is 24.0 Å². The van der Waals surface area contributed by atoms with Crippen molar-refractivity contribution in [3.8, 4) is 0 Å². The molecule has 0 saturated heterocycles. The summed E-state index contributed by atoms with van der Waals surface area (Å²) in [6.07, 6.45) is -2.60. The summed E-state index contributed by atoms with van der Waals surface area (Å²) in [5.41, 5.74) is -5.81. The standard InChI is InChI=1S/C10H14O10/c1-19-9(7(15)16,3-5(11)12)10(20-2,8(17)18)4-6(13)14/h3-4H2,1-2H3,(H,11,12)(H,13,14)(H,15,16)(H,17,18). The van der Waals surface area contributed by atoms with Crippen LogP contribution in [0.2, 0.25) is 0 Å². The van der Waals surface area contributed by atoms with Crippen molar-refractivity contribution < 1.29 is 49.1 Å². The molecule has 4 N–H and O–H groups in total. The van der Waals surface area contributed by atoms with Gasteiger partial charge in [-0.1, -0.05) is 0 Å². The van der Waals surface area contributed by atoms with E-state index in [1.165, 1.54) is 0 Å². The Balaban J connectivity index is 6.25. The van der Waals surface area contributed by atoms with E-state index in [-0.39, 0.29) is 0 Å². The minimum atomic E-state index is -2.90. The number of rotatable bonds is 9. The fourth-order valence-electron chi connectivity index (χ4n) is 1.86. The second kappa shape index (κ2) is 6.30. The van der Waals surface area contributed by atoms with Gasteiger partial charge in [-0.3, -0.25) is 9.59 Å². The molecule has 0 heterocycles. The Kier molecular flexibility index (Phi) is 5.61. The highest BCUT2D eigenvalue weighted by Crippen LogP contribution is 2.36. The first-order valence-corrected chi connectivity index (χ1v) is 5.10. The van der Waals surface area contributed by atoms with Gasteiger partial charge in [-0.05, 0) is 0 Å². The summed E-state index contributed by atoms with van der Waals surface area (Å²) in [5.74, 6) is -7.31. The van der Waals surface area contributed by atoms with Gasteiger partial charge in [0, 0.05) is 14.2 Å². The molecule has 10 heteroatoms. The fourth-order valence-corrected chi connectivity index (χ4v) is 1.86. The molecule has 20 heavy (non-hydrogen) atoms. The summed E-state index contributed by atoms with van der Waals surface area (Å²) >= 11 is 0. The van der Waals surface area contributed by atoms with Gasteiger partial charge in [0.2, 0.25) is 11.2 Å². The molecule has 0 aromatic heterocycles. The maximum absolute atomic E-state index is 11.4. The van der Waals surface area contributed by atoms with Crippen molar-refractivity contribution in [3.63, 3.8) is 0 Å². The molecule has 114 valence electrons. The lowest BCUT2D eigenvalue weighted by Gasteiger charge is -2.40. The Morgan fingerprint density at radius 1 is 0.750 bits per heavy atom. The van der Waals surface area contributed by atoms with E-state index < -0.39 is 47.9 Å². The second-order valence-electron chi connectivity index (χ2n) is 3.81. The Labute approximate surface area is 112 Å². The van der Waals surface area contributed by atoms with Crippen molar-refractivity contribution in [3.05, 3.63) is 0 Å². The highest BCUT2D eigenvalue weighted by atomic mass is 16.6. The molecule has 0 saturated carbocycles. The topological polar surface area (TPSA) is 168 Å². The number of aliphatic carboxylic acids is 4. The first-order chi connectivity index (χ1) is 9.09. The second-order valence-corrected chi connectivity index (χ2v) is 3.81. The van der Waals surface area contributed by atoms with Crippen LogP contribution in [0.25, 0.3) is 0 Å². The summed E-state index contributed by atoms with van der Waals surface area (Å²) in [7, 11) is 1.52. The molecule has 2 unspecified atom stereocenters. The van der Waals surface area contributed by atoms with E-state index in [1.807, 2.05) is 0 Å². The van der Waals surface area contributed by atoms with Gasteiger partial charge < -0.3 is 29.9 Å². The number of carbonyl (C=O) groups is 4. The third-order valence-corrected chi connectivity index (χ3v) is 2.84. The quantitative estimate of drug-likeness (QED) is 0.408. The Bertz CT molecular complexity index is 390. The Morgan fingerprint density at radius 2 is 1.00 bits per heavy atom. The Hall–Kier alpha value is -2.20. The lowest BCUT2D eigenvalue weighted by Crippen LogP contribution is -2.67. The van der Waals surface area contributed by atoms with Crippen molar-refractivity contribution in [2.75, 3.05) is 14.2 Å².